The number of amides is 3. The molecule has 2 aliphatic heterocycles. The van der Waals surface area contributed by atoms with Crippen molar-refractivity contribution in [3.8, 4) is 0 Å². The highest BCUT2D eigenvalue weighted by molar-refractivity contribution is 5.89. The summed E-state index contributed by atoms with van der Waals surface area (Å²) in [7, 11) is 0. The van der Waals surface area contributed by atoms with E-state index in [1.165, 1.54) is 5.56 Å². The summed E-state index contributed by atoms with van der Waals surface area (Å²) >= 11 is 0. The molecule has 2 saturated heterocycles. The van der Waals surface area contributed by atoms with Gasteiger partial charge in [0.1, 0.15) is 0 Å². The Bertz CT molecular complexity index is 681. The summed E-state index contributed by atoms with van der Waals surface area (Å²) in [6, 6.07) is 10.1. The van der Waals surface area contributed by atoms with Gasteiger partial charge in [0, 0.05) is 51.6 Å². The van der Waals surface area contributed by atoms with Gasteiger partial charge in [-0.3, -0.25) is 14.4 Å². The zero-order valence-corrected chi connectivity index (χ0v) is 16.3. The molecule has 2 aliphatic rings. The summed E-state index contributed by atoms with van der Waals surface area (Å²) in [6.07, 6.45) is 1.11. The van der Waals surface area contributed by atoms with E-state index in [0.29, 0.717) is 45.7 Å². The Hall–Kier alpha value is -2.37. The highest BCUT2D eigenvalue weighted by atomic mass is 16.2. The van der Waals surface area contributed by atoms with Crippen molar-refractivity contribution in [2.24, 2.45) is 11.8 Å². The summed E-state index contributed by atoms with van der Waals surface area (Å²) in [5.41, 5.74) is 1.20. The van der Waals surface area contributed by atoms with Crippen LogP contribution >= 0.6 is 0 Å². The van der Waals surface area contributed by atoms with E-state index in [0.717, 1.165) is 6.42 Å². The number of hydrogen-bond donors (Lipinski definition) is 0. The van der Waals surface area contributed by atoms with Crippen LogP contribution in [0.4, 0.5) is 0 Å². The van der Waals surface area contributed by atoms with E-state index in [1.807, 2.05) is 46.7 Å². The van der Waals surface area contributed by atoms with Gasteiger partial charge in [-0.05, 0) is 12.0 Å². The Morgan fingerprint density at radius 1 is 1.04 bits per heavy atom. The fourth-order valence-corrected chi connectivity index (χ4v) is 3.83. The first-order valence-electron chi connectivity index (χ1n) is 9.85. The van der Waals surface area contributed by atoms with E-state index in [-0.39, 0.29) is 29.6 Å². The molecule has 0 aliphatic carbocycles. The lowest BCUT2D eigenvalue weighted by Crippen LogP contribution is -2.53. The van der Waals surface area contributed by atoms with Crippen LogP contribution in [0.2, 0.25) is 0 Å². The standard InChI is InChI=1S/C21H29N3O3/c1-16(2)20(26)22-10-12-23(13-11-22)21(27)18-14-19(25)24(15-18)9-8-17-6-4-3-5-7-17/h3-7,16,18H,8-15H2,1-2H3. The second-order valence-electron chi connectivity index (χ2n) is 7.78. The molecule has 2 heterocycles. The molecule has 3 amide bonds. The van der Waals surface area contributed by atoms with Crippen molar-refractivity contribution in [1.82, 2.24) is 14.7 Å². The molecule has 0 saturated carbocycles. The fraction of sp³-hybridized carbons (Fsp3) is 0.571. The normalized spacial score (nSPS) is 20.5. The molecule has 1 atom stereocenters. The van der Waals surface area contributed by atoms with E-state index in [2.05, 4.69) is 12.1 Å². The lowest BCUT2D eigenvalue weighted by molar-refractivity contribution is -0.143. The van der Waals surface area contributed by atoms with Crippen LogP contribution in [0.3, 0.4) is 0 Å². The third-order valence-corrected chi connectivity index (χ3v) is 5.47. The maximum atomic E-state index is 12.8. The summed E-state index contributed by atoms with van der Waals surface area (Å²) < 4.78 is 0. The number of benzene rings is 1. The van der Waals surface area contributed by atoms with Crippen molar-refractivity contribution in [3.63, 3.8) is 0 Å². The molecule has 6 heteroatoms. The lowest BCUT2D eigenvalue weighted by Gasteiger charge is -2.36. The smallest absolute Gasteiger partial charge is 0.228 e. The third kappa shape index (κ3) is 4.67. The SMILES string of the molecule is CC(C)C(=O)N1CCN(C(=O)C2CC(=O)N(CCc3ccccc3)C2)CC1. The van der Waals surface area contributed by atoms with Crippen LogP contribution in [0, 0.1) is 11.8 Å². The van der Waals surface area contributed by atoms with Crippen molar-refractivity contribution in [2.75, 3.05) is 39.3 Å². The summed E-state index contributed by atoms with van der Waals surface area (Å²) in [5.74, 6) is 0.00356. The predicted octanol–water partition coefficient (Wildman–Crippen LogP) is 1.40. The minimum atomic E-state index is -0.249. The average molecular weight is 371 g/mol. The zero-order chi connectivity index (χ0) is 19.4. The zero-order valence-electron chi connectivity index (χ0n) is 16.3. The molecule has 1 aromatic rings. The summed E-state index contributed by atoms with van der Waals surface area (Å²) in [6.45, 7) is 7.25. The number of carbonyl (C=O) groups is 3. The van der Waals surface area contributed by atoms with Gasteiger partial charge in [-0.15, -0.1) is 0 Å². The molecular weight excluding hydrogens is 342 g/mol. The van der Waals surface area contributed by atoms with Gasteiger partial charge in [-0.1, -0.05) is 44.2 Å². The molecule has 27 heavy (non-hydrogen) atoms. The number of piperazine rings is 1. The first-order chi connectivity index (χ1) is 13.0. The molecule has 0 N–H and O–H groups in total. The van der Waals surface area contributed by atoms with Crippen LogP contribution in [0.1, 0.15) is 25.8 Å². The van der Waals surface area contributed by atoms with Crippen molar-refractivity contribution in [2.45, 2.75) is 26.7 Å². The Morgan fingerprint density at radius 2 is 1.67 bits per heavy atom. The van der Waals surface area contributed by atoms with Crippen molar-refractivity contribution in [1.29, 1.82) is 0 Å². The maximum Gasteiger partial charge on any atom is 0.228 e. The van der Waals surface area contributed by atoms with E-state index < -0.39 is 0 Å². The van der Waals surface area contributed by atoms with E-state index in [9.17, 15) is 14.4 Å². The van der Waals surface area contributed by atoms with Gasteiger partial charge >= 0.3 is 0 Å². The van der Waals surface area contributed by atoms with Crippen molar-refractivity contribution in [3.05, 3.63) is 35.9 Å². The highest BCUT2D eigenvalue weighted by Crippen LogP contribution is 2.21. The average Bonchev–Trinajstić information content (AvgIpc) is 3.06. The quantitative estimate of drug-likeness (QED) is 0.786. The van der Waals surface area contributed by atoms with Crippen LogP contribution in [-0.2, 0) is 20.8 Å². The van der Waals surface area contributed by atoms with E-state index in [4.69, 9.17) is 0 Å². The Labute approximate surface area is 161 Å². The monoisotopic (exact) mass is 371 g/mol. The van der Waals surface area contributed by atoms with Crippen molar-refractivity contribution >= 4 is 17.7 Å². The minimum absolute atomic E-state index is 0.0159. The fourth-order valence-electron chi connectivity index (χ4n) is 3.83. The van der Waals surface area contributed by atoms with Crippen LogP contribution in [0.25, 0.3) is 0 Å². The van der Waals surface area contributed by atoms with Crippen LogP contribution in [-0.4, -0.2) is 71.7 Å². The molecule has 3 rings (SSSR count). The first-order valence-corrected chi connectivity index (χ1v) is 9.85. The van der Waals surface area contributed by atoms with Gasteiger partial charge in [-0.2, -0.15) is 0 Å². The van der Waals surface area contributed by atoms with E-state index >= 15 is 0 Å². The number of carbonyl (C=O) groups excluding carboxylic acids is 3. The van der Waals surface area contributed by atoms with Gasteiger partial charge in [-0.25, -0.2) is 0 Å². The number of likely N-dealkylation sites (tertiary alicyclic amines) is 1. The Kier molecular flexibility index (Phi) is 6.14. The minimum Gasteiger partial charge on any atom is -0.342 e. The summed E-state index contributed by atoms with van der Waals surface area (Å²) in [5, 5.41) is 0. The highest BCUT2D eigenvalue weighted by Gasteiger charge is 2.37. The lowest BCUT2D eigenvalue weighted by atomic mass is 10.1. The van der Waals surface area contributed by atoms with Crippen LogP contribution in [0.5, 0.6) is 0 Å². The van der Waals surface area contributed by atoms with Crippen molar-refractivity contribution < 1.29 is 14.4 Å². The second-order valence-corrected chi connectivity index (χ2v) is 7.78. The van der Waals surface area contributed by atoms with Crippen LogP contribution < -0.4 is 0 Å². The Balaban J connectivity index is 1.48. The molecule has 146 valence electrons. The largest absolute Gasteiger partial charge is 0.342 e. The molecular formula is C21H29N3O3. The number of nitrogens with zero attached hydrogens (tertiary/aromatic N) is 3. The van der Waals surface area contributed by atoms with Gasteiger partial charge in [0.15, 0.2) is 0 Å². The molecule has 6 nitrogen and oxygen atoms in total. The molecule has 0 spiro atoms. The predicted molar refractivity (Wildman–Crippen MR) is 103 cm³/mol. The molecule has 1 aromatic carbocycles. The van der Waals surface area contributed by atoms with Crippen LogP contribution in [0.15, 0.2) is 30.3 Å². The molecule has 0 aromatic heterocycles. The van der Waals surface area contributed by atoms with Gasteiger partial charge in [0.25, 0.3) is 0 Å². The molecule has 2 fully saturated rings. The summed E-state index contributed by atoms with van der Waals surface area (Å²) in [4.78, 5) is 42.7. The second kappa shape index (κ2) is 8.55. The number of hydrogen-bond acceptors (Lipinski definition) is 3. The molecule has 1 unspecified atom stereocenters. The third-order valence-electron chi connectivity index (χ3n) is 5.47. The van der Waals surface area contributed by atoms with Gasteiger partial charge in [0.05, 0.1) is 5.92 Å². The number of rotatable bonds is 5. The maximum absolute atomic E-state index is 12.8. The molecule has 0 radical (unpaired) electrons. The first kappa shape index (κ1) is 19.4. The topological polar surface area (TPSA) is 60.9 Å². The van der Waals surface area contributed by atoms with Gasteiger partial charge in [0.2, 0.25) is 17.7 Å². The Morgan fingerprint density at radius 3 is 2.30 bits per heavy atom. The van der Waals surface area contributed by atoms with Gasteiger partial charge < -0.3 is 14.7 Å². The molecule has 0 bridgehead atoms. The van der Waals surface area contributed by atoms with E-state index in [1.54, 1.807) is 0 Å².